The Labute approximate surface area is 153 Å². The summed E-state index contributed by atoms with van der Waals surface area (Å²) in [6, 6.07) is 4.81. The molecule has 1 saturated carbocycles. The van der Waals surface area contributed by atoms with Gasteiger partial charge in [0.2, 0.25) is 0 Å². The number of ketones is 1. The average Bonchev–Trinajstić information content (AvgIpc) is 2.88. The first kappa shape index (κ1) is 19.2. The standard InChI is InChI=1S/C18H19F3N4O2/c1-9(2)15-12(26)7-11(16(15)27)23-14-8-13(18(19,20)21)24-17(25-14)10-5-3-4-6-22-10/h3-6,8-9,11,15-16,27H,7H2,1-2H3,(H,23,24,25). The number of halogens is 3. The van der Waals surface area contributed by atoms with Crippen LogP contribution in [0.25, 0.3) is 11.5 Å². The minimum absolute atomic E-state index is 0.0221. The normalized spacial score (nSPS) is 23.1. The van der Waals surface area contributed by atoms with Gasteiger partial charge in [-0.05, 0) is 18.1 Å². The van der Waals surface area contributed by atoms with Gasteiger partial charge in [-0.1, -0.05) is 19.9 Å². The second-order valence-electron chi connectivity index (χ2n) is 6.86. The van der Waals surface area contributed by atoms with Gasteiger partial charge in [-0.25, -0.2) is 9.97 Å². The van der Waals surface area contributed by atoms with E-state index >= 15 is 0 Å². The van der Waals surface area contributed by atoms with Crippen LogP contribution in [-0.2, 0) is 11.0 Å². The van der Waals surface area contributed by atoms with Gasteiger partial charge in [-0.3, -0.25) is 9.78 Å². The van der Waals surface area contributed by atoms with Gasteiger partial charge in [0.1, 0.15) is 17.3 Å². The summed E-state index contributed by atoms with van der Waals surface area (Å²) in [4.78, 5) is 23.8. The number of aliphatic hydroxyl groups is 1. The van der Waals surface area contributed by atoms with Crippen LogP contribution in [-0.4, -0.2) is 38.0 Å². The molecule has 1 aliphatic carbocycles. The Bertz CT molecular complexity index is 827. The van der Waals surface area contributed by atoms with E-state index in [9.17, 15) is 23.1 Å². The number of aromatic nitrogens is 3. The lowest BCUT2D eigenvalue weighted by atomic mass is 9.91. The quantitative estimate of drug-likeness (QED) is 0.848. The van der Waals surface area contributed by atoms with Crippen molar-refractivity contribution < 1.29 is 23.1 Å². The summed E-state index contributed by atoms with van der Waals surface area (Å²) in [6.07, 6.45) is -4.22. The maximum Gasteiger partial charge on any atom is 0.433 e. The molecule has 1 aliphatic rings. The van der Waals surface area contributed by atoms with Crippen molar-refractivity contribution >= 4 is 11.6 Å². The average molecular weight is 380 g/mol. The molecule has 3 rings (SSSR count). The van der Waals surface area contributed by atoms with E-state index < -0.39 is 29.9 Å². The molecule has 144 valence electrons. The molecule has 0 aliphatic heterocycles. The predicted octanol–water partition coefficient (Wildman–Crippen LogP) is 2.94. The molecule has 2 aromatic heterocycles. The van der Waals surface area contributed by atoms with Gasteiger partial charge < -0.3 is 10.4 Å². The summed E-state index contributed by atoms with van der Waals surface area (Å²) in [5.41, 5.74) is -0.936. The van der Waals surface area contributed by atoms with Gasteiger partial charge in [-0.15, -0.1) is 0 Å². The number of hydrogen-bond acceptors (Lipinski definition) is 6. The molecule has 2 aromatic rings. The number of anilines is 1. The summed E-state index contributed by atoms with van der Waals surface area (Å²) in [5.74, 6) is -1.04. The second kappa shape index (κ2) is 7.22. The Morgan fingerprint density at radius 2 is 2.00 bits per heavy atom. The van der Waals surface area contributed by atoms with Crippen LogP contribution < -0.4 is 5.32 Å². The zero-order chi connectivity index (χ0) is 19.8. The van der Waals surface area contributed by atoms with Crippen molar-refractivity contribution in [2.75, 3.05) is 5.32 Å². The van der Waals surface area contributed by atoms with Crippen molar-refractivity contribution in [1.82, 2.24) is 15.0 Å². The van der Waals surface area contributed by atoms with E-state index in [2.05, 4.69) is 20.3 Å². The van der Waals surface area contributed by atoms with Crippen molar-refractivity contribution in [3.63, 3.8) is 0 Å². The van der Waals surface area contributed by atoms with Gasteiger partial charge in [0, 0.05) is 24.6 Å². The molecule has 3 unspecified atom stereocenters. The molecule has 0 bridgehead atoms. The van der Waals surface area contributed by atoms with Gasteiger partial charge in [0.25, 0.3) is 0 Å². The van der Waals surface area contributed by atoms with Crippen LogP contribution in [0.4, 0.5) is 19.0 Å². The summed E-state index contributed by atoms with van der Waals surface area (Å²) < 4.78 is 39.7. The molecule has 0 spiro atoms. The topological polar surface area (TPSA) is 88.0 Å². The van der Waals surface area contributed by atoms with Crippen molar-refractivity contribution in [3.05, 3.63) is 36.2 Å². The van der Waals surface area contributed by atoms with E-state index in [0.717, 1.165) is 6.07 Å². The minimum atomic E-state index is -4.67. The highest BCUT2D eigenvalue weighted by molar-refractivity contribution is 5.85. The monoisotopic (exact) mass is 380 g/mol. The summed E-state index contributed by atoms with van der Waals surface area (Å²) in [7, 11) is 0. The third-order valence-electron chi connectivity index (χ3n) is 4.54. The Morgan fingerprint density at radius 1 is 1.26 bits per heavy atom. The third kappa shape index (κ3) is 4.08. The van der Waals surface area contributed by atoms with Crippen molar-refractivity contribution in [2.24, 2.45) is 11.8 Å². The molecule has 3 atom stereocenters. The number of rotatable bonds is 4. The number of pyridine rings is 1. The van der Waals surface area contributed by atoms with Crippen LogP contribution in [0.3, 0.4) is 0 Å². The molecule has 9 heteroatoms. The van der Waals surface area contributed by atoms with E-state index in [4.69, 9.17) is 0 Å². The number of hydrogen-bond donors (Lipinski definition) is 2. The molecule has 0 amide bonds. The fourth-order valence-electron chi connectivity index (χ4n) is 3.28. The Balaban J connectivity index is 1.95. The zero-order valence-electron chi connectivity index (χ0n) is 14.7. The first-order valence-corrected chi connectivity index (χ1v) is 8.52. The maximum atomic E-state index is 13.2. The van der Waals surface area contributed by atoms with Gasteiger partial charge in [0.15, 0.2) is 11.5 Å². The molecule has 6 nitrogen and oxygen atoms in total. The number of carbonyl (C=O) groups excluding carboxylic acids is 1. The fraction of sp³-hybridized carbons (Fsp3) is 0.444. The fourth-order valence-corrected chi connectivity index (χ4v) is 3.28. The molecule has 0 radical (unpaired) electrons. The van der Waals surface area contributed by atoms with Crippen LogP contribution in [0.1, 0.15) is 26.0 Å². The van der Waals surface area contributed by atoms with Crippen molar-refractivity contribution in [1.29, 1.82) is 0 Å². The van der Waals surface area contributed by atoms with Crippen LogP contribution in [0.15, 0.2) is 30.5 Å². The smallest absolute Gasteiger partial charge is 0.390 e. The maximum absolute atomic E-state index is 13.2. The molecular formula is C18H19F3N4O2. The van der Waals surface area contributed by atoms with E-state index in [1.165, 1.54) is 12.3 Å². The minimum Gasteiger partial charge on any atom is -0.390 e. The molecule has 2 heterocycles. The number of carbonyl (C=O) groups is 1. The summed E-state index contributed by atoms with van der Waals surface area (Å²) >= 11 is 0. The lowest BCUT2D eigenvalue weighted by molar-refractivity contribution is -0.141. The van der Waals surface area contributed by atoms with Crippen molar-refractivity contribution in [3.8, 4) is 11.5 Å². The van der Waals surface area contributed by atoms with E-state index in [1.54, 1.807) is 12.1 Å². The highest BCUT2D eigenvalue weighted by Crippen LogP contribution is 2.33. The van der Waals surface area contributed by atoms with Gasteiger partial charge in [-0.2, -0.15) is 13.2 Å². The van der Waals surface area contributed by atoms with Crippen molar-refractivity contribution in [2.45, 2.75) is 38.6 Å². The SMILES string of the molecule is CC(C)C1C(=O)CC(Nc2cc(C(F)(F)F)nc(-c3ccccn3)n2)C1O. The highest BCUT2D eigenvalue weighted by Gasteiger charge is 2.43. The third-order valence-corrected chi connectivity index (χ3v) is 4.54. The van der Waals surface area contributed by atoms with Crippen LogP contribution in [0.2, 0.25) is 0 Å². The van der Waals surface area contributed by atoms with E-state index in [-0.39, 0.29) is 35.5 Å². The first-order valence-electron chi connectivity index (χ1n) is 8.52. The molecule has 1 fully saturated rings. The molecule has 2 N–H and O–H groups in total. The number of nitrogens with zero attached hydrogens (tertiary/aromatic N) is 3. The largest absolute Gasteiger partial charge is 0.433 e. The number of aliphatic hydroxyl groups excluding tert-OH is 1. The van der Waals surface area contributed by atoms with Crippen LogP contribution >= 0.6 is 0 Å². The van der Waals surface area contributed by atoms with E-state index in [0.29, 0.717) is 0 Å². The zero-order valence-corrected chi connectivity index (χ0v) is 14.7. The van der Waals surface area contributed by atoms with Gasteiger partial charge in [0.05, 0.1) is 12.1 Å². The summed E-state index contributed by atoms with van der Waals surface area (Å²) in [5, 5.41) is 13.2. The number of nitrogens with one attached hydrogen (secondary N) is 1. The van der Waals surface area contributed by atoms with E-state index in [1.807, 2.05) is 13.8 Å². The predicted molar refractivity (Wildman–Crippen MR) is 91.6 cm³/mol. The van der Waals surface area contributed by atoms with Gasteiger partial charge >= 0.3 is 6.18 Å². The van der Waals surface area contributed by atoms with Crippen LogP contribution in [0.5, 0.6) is 0 Å². The number of alkyl halides is 3. The molecule has 0 aromatic carbocycles. The molecular weight excluding hydrogens is 361 g/mol. The highest BCUT2D eigenvalue weighted by atomic mass is 19.4. The Morgan fingerprint density at radius 3 is 2.56 bits per heavy atom. The van der Waals surface area contributed by atoms with Crippen LogP contribution in [0, 0.1) is 11.8 Å². The Kier molecular flexibility index (Phi) is 5.14. The summed E-state index contributed by atoms with van der Waals surface area (Å²) in [6.45, 7) is 3.64. The lowest BCUT2D eigenvalue weighted by Gasteiger charge is -2.22. The molecule has 0 saturated heterocycles. The second-order valence-corrected chi connectivity index (χ2v) is 6.86. The first-order chi connectivity index (χ1) is 12.7. The number of Topliss-reactive ketones (excluding diaryl/α,β-unsaturated/α-hetero) is 1. The molecule has 27 heavy (non-hydrogen) atoms. The Hall–Kier alpha value is -2.55. The lowest BCUT2D eigenvalue weighted by Crippen LogP contribution is -2.34.